The van der Waals surface area contributed by atoms with Gasteiger partial charge in [-0.05, 0) is 23.6 Å². The van der Waals surface area contributed by atoms with E-state index in [1.807, 2.05) is 41.1 Å². The number of hydrogen-bond acceptors (Lipinski definition) is 4. The molecule has 1 amide bonds. The minimum Gasteiger partial charge on any atom is -0.353 e. The minimum atomic E-state index is -0.218. The molecular formula is C19H18N6O2. The average Bonchev–Trinajstić information content (AvgIpc) is 3.34. The average molecular weight is 362 g/mol. The number of benzene rings is 1. The molecule has 0 atom stereocenters. The van der Waals surface area contributed by atoms with E-state index in [0.717, 1.165) is 10.9 Å². The molecule has 0 saturated carbocycles. The second-order valence-electron chi connectivity index (χ2n) is 6.08. The molecule has 27 heavy (non-hydrogen) atoms. The van der Waals surface area contributed by atoms with Crippen LogP contribution in [-0.2, 0) is 17.9 Å². The molecule has 0 spiro atoms. The molecule has 4 aromatic rings. The third-order valence-electron chi connectivity index (χ3n) is 4.26. The van der Waals surface area contributed by atoms with Crippen molar-refractivity contribution in [2.45, 2.75) is 13.1 Å². The van der Waals surface area contributed by atoms with Gasteiger partial charge in [-0.2, -0.15) is 5.10 Å². The predicted octanol–water partition coefficient (Wildman–Crippen LogP) is 1.20. The Balaban J connectivity index is 1.37. The van der Waals surface area contributed by atoms with Crippen LogP contribution in [0.15, 0.2) is 72.2 Å². The van der Waals surface area contributed by atoms with Crippen molar-refractivity contribution in [1.82, 2.24) is 29.2 Å². The Morgan fingerprint density at radius 3 is 2.81 bits per heavy atom. The molecule has 4 rings (SSSR count). The smallest absolute Gasteiger partial charge is 0.266 e. The summed E-state index contributed by atoms with van der Waals surface area (Å²) in [5.74, 6) is 0.479. The Morgan fingerprint density at radius 2 is 1.96 bits per heavy atom. The van der Waals surface area contributed by atoms with E-state index in [1.165, 1.54) is 10.7 Å². The number of imidazole rings is 1. The van der Waals surface area contributed by atoms with Gasteiger partial charge in [0.25, 0.3) is 5.56 Å². The fourth-order valence-electron chi connectivity index (χ4n) is 2.92. The van der Waals surface area contributed by atoms with Crippen LogP contribution in [0.4, 0.5) is 0 Å². The molecule has 1 aromatic carbocycles. The second kappa shape index (κ2) is 7.28. The standard InChI is InChI=1S/C19H18N6O2/c26-18(13-23-10-7-15-3-1-2-4-16(15)23)21-9-12-25-19(27)6-5-17(22-25)24-11-8-20-14-24/h1-8,10-11,14H,9,12-13H2,(H,21,26). The second-order valence-corrected chi connectivity index (χ2v) is 6.08. The summed E-state index contributed by atoms with van der Waals surface area (Å²) in [4.78, 5) is 28.2. The van der Waals surface area contributed by atoms with Crippen LogP contribution in [0, 0.1) is 0 Å². The molecule has 0 aliphatic carbocycles. The Bertz CT molecular complexity index is 1130. The summed E-state index contributed by atoms with van der Waals surface area (Å²) >= 11 is 0. The monoisotopic (exact) mass is 362 g/mol. The van der Waals surface area contributed by atoms with E-state index >= 15 is 0 Å². The van der Waals surface area contributed by atoms with Gasteiger partial charge in [-0.3, -0.25) is 14.2 Å². The molecule has 8 nitrogen and oxygen atoms in total. The summed E-state index contributed by atoms with van der Waals surface area (Å²) in [6.45, 7) is 0.836. The largest absolute Gasteiger partial charge is 0.353 e. The third kappa shape index (κ3) is 3.64. The van der Waals surface area contributed by atoms with Crippen LogP contribution >= 0.6 is 0 Å². The summed E-state index contributed by atoms with van der Waals surface area (Å²) < 4.78 is 4.95. The first-order chi connectivity index (χ1) is 13.2. The number of nitrogens with one attached hydrogen (secondary N) is 1. The van der Waals surface area contributed by atoms with Crippen LogP contribution in [0.2, 0.25) is 0 Å². The first kappa shape index (κ1) is 16.8. The van der Waals surface area contributed by atoms with Gasteiger partial charge in [0.2, 0.25) is 5.91 Å². The van der Waals surface area contributed by atoms with E-state index in [1.54, 1.807) is 29.4 Å². The maximum absolute atomic E-state index is 12.2. The number of aromatic nitrogens is 5. The zero-order chi connectivity index (χ0) is 18.6. The van der Waals surface area contributed by atoms with Crippen molar-refractivity contribution in [1.29, 1.82) is 0 Å². The van der Waals surface area contributed by atoms with Crippen LogP contribution in [0.5, 0.6) is 0 Å². The molecule has 3 aromatic heterocycles. The summed E-state index contributed by atoms with van der Waals surface area (Å²) in [6.07, 6.45) is 6.90. The molecule has 0 aliphatic heterocycles. The van der Waals surface area contributed by atoms with Crippen LogP contribution < -0.4 is 10.9 Å². The SMILES string of the molecule is O=C(Cn1ccc2ccccc21)NCCn1nc(-n2ccnc2)ccc1=O. The number of para-hydroxylation sites is 1. The normalized spacial score (nSPS) is 11.0. The Labute approximate surface area is 154 Å². The quantitative estimate of drug-likeness (QED) is 0.558. The molecule has 1 N–H and O–H groups in total. The van der Waals surface area contributed by atoms with E-state index < -0.39 is 0 Å². The highest BCUT2D eigenvalue weighted by Gasteiger charge is 2.07. The maximum Gasteiger partial charge on any atom is 0.266 e. The molecule has 0 saturated heterocycles. The predicted molar refractivity (Wildman–Crippen MR) is 101 cm³/mol. The first-order valence-corrected chi connectivity index (χ1v) is 8.58. The molecule has 0 unspecified atom stereocenters. The topological polar surface area (TPSA) is 86.7 Å². The summed E-state index contributed by atoms with van der Waals surface area (Å²) in [7, 11) is 0. The van der Waals surface area contributed by atoms with E-state index in [0.29, 0.717) is 18.9 Å². The number of rotatable bonds is 6. The van der Waals surface area contributed by atoms with Crippen LogP contribution in [0.25, 0.3) is 16.7 Å². The lowest BCUT2D eigenvalue weighted by atomic mass is 10.2. The van der Waals surface area contributed by atoms with Gasteiger partial charge in [-0.25, -0.2) is 9.67 Å². The van der Waals surface area contributed by atoms with Crippen molar-refractivity contribution in [2.24, 2.45) is 0 Å². The van der Waals surface area contributed by atoms with Gasteiger partial charge in [0.1, 0.15) is 12.9 Å². The van der Waals surface area contributed by atoms with E-state index in [9.17, 15) is 9.59 Å². The van der Waals surface area contributed by atoms with Gasteiger partial charge in [-0.15, -0.1) is 0 Å². The molecule has 0 fully saturated rings. The molecule has 0 aliphatic rings. The molecule has 0 bridgehead atoms. The first-order valence-electron chi connectivity index (χ1n) is 8.58. The number of carbonyl (C=O) groups is 1. The van der Waals surface area contributed by atoms with E-state index in [4.69, 9.17) is 0 Å². The van der Waals surface area contributed by atoms with Gasteiger partial charge >= 0.3 is 0 Å². The molecule has 136 valence electrons. The van der Waals surface area contributed by atoms with Crippen LogP contribution in [0.1, 0.15) is 0 Å². The van der Waals surface area contributed by atoms with Gasteiger partial charge in [-0.1, -0.05) is 18.2 Å². The highest BCUT2D eigenvalue weighted by atomic mass is 16.2. The lowest BCUT2D eigenvalue weighted by Gasteiger charge is -2.09. The van der Waals surface area contributed by atoms with Crippen LogP contribution in [0.3, 0.4) is 0 Å². The fourth-order valence-corrected chi connectivity index (χ4v) is 2.92. The Hall–Kier alpha value is -3.68. The zero-order valence-electron chi connectivity index (χ0n) is 14.5. The number of nitrogens with zero attached hydrogens (tertiary/aromatic N) is 5. The van der Waals surface area contributed by atoms with Crippen molar-refractivity contribution in [3.05, 3.63) is 77.7 Å². The fraction of sp³-hybridized carbons (Fsp3) is 0.158. The van der Waals surface area contributed by atoms with Crippen molar-refractivity contribution >= 4 is 16.8 Å². The maximum atomic E-state index is 12.2. The van der Waals surface area contributed by atoms with Crippen molar-refractivity contribution < 1.29 is 4.79 Å². The molecule has 3 heterocycles. The molecule has 8 heteroatoms. The number of hydrogen-bond donors (Lipinski definition) is 1. The number of carbonyl (C=O) groups excluding carboxylic acids is 1. The highest BCUT2D eigenvalue weighted by molar-refractivity contribution is 5.83. The van der Waals surface area contributed by atoms with Gasteiger partial charge in [0, 0.05) is 36.7 Å². The van der Waals surface area contributed by atoms with Crippen molar-refractivity contribution in [3.63, 3.8) is 0 Å². The Morgan fingerprint density at radius 1 is 1.07 bits per heavy atom. The van der Waals surface area contributed by atoms with Crippen molar-refractivity contribution in [2.75, 3.05) is 6.54 Å². The van der Waals surface area contributed by atoms with E-state index in [-0.39, 0.29) is 18.0 Å². The van der Waals surface area contributed by atoms with E-state index in [2.05, 4.69) is 15.4 Å². The number of amides is 1. The minimum absolute atomic E-state index is 0.116. The van der Waals surface area contributed by atoms with Crippen molar-refractivity contribution in [3.8, 4) is 5.82 Å². The van der Waals surface area contributed by atoms with Gasteiger partial charge in [0.15, 0.2) is 5.82 Å². The summed E-state index contributed by atoms with van der Waals surface area (Å²) in [5, 5.41) is 8.23. The summed E-state index contributed by atoms with van der Waals surface area (Å²) in [6, 6.07) is 13.0. The van der Waals surface area contributed by atoms with Gasteiger partial charge < -0.3 is 9.88 Å². The lowest BCUT2D eigenvalue weighted by Crippen LogP contribution is -2.33. The number of fused-ring (bicyclic) bond motifs is 1. The molecular weight excluding hydrogens is 344 g/mol. The third-order valence-corrected chi connectivity index (χ3v) is 4.26. The van der Waals surface area contributed by atoms with Crippen LogP contribution in [-0.4, -0.2) is 36.4 Å². The molecule has 0 radical (unpaired) electrons. The Kier molecular flexibility index (Phi) is 4.52. The lowest BCUT2D eigenvalue weighted by molar-refractivity contribution is -0.121. The zero-order valence-corrected chi connectivity index (χ0v) is 14.5. The summed E-state index contributed by atoms with van der Waals surface area (Å²) in [5.41, 5.74) is 0.795. The highest BCUT2D eigenvalue weighted by Crippen LogP contribution is 2.14. The van der Waals surface area contributed by atoms with Gasteiger partial charge in [0.05, 0.1) is 6.54 Å².